The Kier molecular flexibility index (Phi) is 3.81. The van der Waals surface area contributed by atoms with Crippen LogP contribution in [-0.2, 0) is 14.8 Å². The van der Waals surface area contributed by atoms with E-state index in [9.17, 15) is 13.2 Å². The van der Waals surface area contributed by atoms with Crippen molar-refractivity contribution in [2.45, 2.75) is 30.6 Å². The Labute approximate surface area is 111 Å². The van der Waals surface area contributed by atoms with E-state index in [1.54, 1.807) is 0 Å². The van der Waals surface area contributed by atoms with Gasteiger partial charge in [0.2, 0.25) is 5.91 Å². The van der Waals surface area contributed by atoms with Crippen LogP contribution in [0.5, 0.6) is 0 Å². The number of carbonyl (C=O) groups excluding carboxylic acids is 1. The van der Waals surface area contributed by atoms with Crippen molar-refractivity contribution in [3.63, 3.8) is 0 Å². The molecule has 100 valence electrons. The maximum Gasteiger partial charge on any atom is 0.265 e. The minimum absolute atomic E-state index is 0.135. The highest BCUT2D eigenvalue weighted by atomic mass is 32.2. The lowest BCUT2D eigenvalue weighted by molar-refractivity contribution is -0.122. The Morgan fingerprint density at radius 2 is 2.05 bits per heavy atom. The summed E-state index contributed by atoms with van der Waals surface area (Å²) in [4.78, 5) is 15.3. The third-order valence-corrected chi connectivity index (χ3v) is 4.43. The lowest BCUT2D eigenvalue weighted by Gasteiger charge is -2.10. The fraction of sp³-hybridized carbons (Fsp3) is 0.417. The number of amides is 1. The van der Waals surface area contributed by atoms with Gasteiger partial charge in [0.25, 0.3) is 10.0 Å². The molecule has 0 bridgehead atoms. The van der Waals surface area contributed by atoms with Gasteiger partial charge >= 0.3 is 0 Å². The van der Waals surface area contributed by atoms with Crippen molar-refractivity contribution in [2.75, 3.05) is 0 Å². The predicted molar refractivity (Wildman–Crippen MR) is 66.2 cm³/mol. The van der Waals surface area contributed by atoms with E-state index in [4.69, 9.17) is 5.26 Å². The van der Waals surface area contributed by atoms with Gasteiger partial charge in [-0.15, -0.1) is 0 Å². The molecule has 1 aliphatic rings. The number of pyridine rings is 1. The van der Waals surface area contributed by atoms with Crippen LogP contribution in [0.15, 0.2) is 23.4 Å². The van der Waals surface area contributed by atoms with Crippen LogP contribution in [0, 0.1) is 17.2 Å². The van der Waals surface area contributed by atoms with Crippen molar-refractivity contribution in [3.05, 3.63) is 24.0 Å². The summed E-state index contributed by atoms with van der Waals surface area (Å²) >= 11 is 0. The molecule has 7 heteroatoms. The van der Waals surface area contributed by atoms with E-state index >= 15 is 0 Å². The van der Waals surface area contributed by atoms with Crippen molar-refractivity contribution in [2.24, 2.45) is 5.92 Å². The first-order valence-electron chi connectivity index (χ1n) is 5.95. The first-order chi connectivity index (χ1) is 9.03. The second kappa shape index (κ2) is 5.36. The Bertz CT molecular complexity index is 628. The molecule has 2 rings (SSSR count). The average Bonchev–Trinajstić information content (AvgIpc) is 2.92. The van der Waals surface area contributed by atoms with Gasteiger partial charge in [-0.1, -0.05) is 12.8 Å². The molecule has 1 fully saturated rings. The van der Waals surface area contributed by atoms with Crippen molar-refractivity contribution in [1.82, 2.24) is 9.71 Å². The van der Waals surface area contributed by atoms with E-state index in [0.29, 0.717) is 0 Å². The average molecular weight is 279 g/mol. The summed E-state index contributed by atoms with van der Waals surface area (Å²) in [7, 11) is -3.94. The molecule has 6 nitrogen and oxygen atoms in total. The van der Waals surface area contributed by atoms with Crippen LogP contribution in [0.25, 0.3) is 0 Å². The predicted octanol–water partition coefficient (Wildman–Crippen LogP) is 0.948. The number of aromatic nitrogens is 1. The molecule has 0 unspecified atom stereocenters. The van der Waals surface area contributed by atoms with Gasteiger partial charge in [0.15, 0.2) is 0 Å². The van der Waals surface area contributed by atoms with Crippen LogP contribution in [0.1, 0.15) is 31.2 Å². The summed E-state index contributed by atoms with van der Waals surface area (Å²) in [6.07, 6.45) is 5.71. The van der Waals surface area contributed by atoms with Gasteiger partial charge in [-0.2, -0.15) is 5.26 Å². The topological polar surface area (TPSA) is 99.9 Å². The van der Waals surface area contributed by atoms with E-state index in [1.165, 1.54) is 12.3 Å². The lowest BCUT2D eigenvalue weighted by atomic mass is 10.1. The largest absolute Gasteiger partial charge is 0.274 e. The zero-order chi connectivity index (χ0) is 13.9. The van der Waals surface area contributed by atoms with Crippen LogP contribution < -0.4 is 4.72 Å². The lowest BCUT2D eigenvalue weighted by Crippen LogP contribution is -2.34. The highest BCUT2D eigenvalue weighted by Crippen LogP contribution is 2.25. The minimum Gasteiger partial charge on any atom is -0.274 e. The molecule has 0 aliphatic heterocycles. The number of hydrogen-bond donors (Lipinski definition) is 1. The van der Waals surface area contributed by atoms with Crippen LogP contribution in [0.3, 0.4) is 0 Å². The second-order valence-corrected chi connectivity index (χ2v) is 6.15. The van der Waals surface area contributed by atoms with Gasteiger partial charge in [-0.3, -0.25) is 9.78 Å². The standard InChI is InChI=1S/C12H13N3O3S/c13-6-9-5-11(8-14-7-9)19(17,18)15-12(16)10-3-1-2-4-10/h5,7-8,10H,1-4H2,(H,15,16). The maximum atomic E-state index is 12.0. The first-order valence-corrected chi connectivity index (χ1v) is 7.43. The molecule has 1 saturated carbocycles. The van der Waals surface area contributed by atoms with Crippen LogP contribution in [0.2, 0.25) is 0 Å². The zero-order valence-electron chi connectivity index (χ0n) is 10.2. The molecule has 19 heavy (non-hydrogen) atoms. The molecule has 0 saturated heterocycles. The van der Waals surface area contributed by atoms with E-state index in [1.807, 2.05) is 10.8 Å². The Morgan fingerprint density at radius 3 is 2.68 bits per heavy atom. The van der Waals surface area contributed by atoms with Crippen LogP contribution >= 0.6 is 0 Å². The number of nitriles is 1. The molecular formula is C12H13N3O3S. The molecule has 1 aromatic rings. The van der Waals surface area contributed by atoms with Crippen molar-refractivity contribution >= 4 is 15.9 Å². The van der Waals surface area contributed by atoms with E-state index < -0.39 is 15.9 Å². The summed E-state index contributed by atoms with van der Waals surface area (Å²) in [6.45, 7) is 0. The SMILES string of the molecule is N#Cc1cncc(S(=O)(=O)NC(=O)C2CCCC2)c1. The molecule has 1 amide bonds. The third kappa shape index (κ3) is 3.09. The van der Waals surface area contributed by atoms with E-state index in [0.717, 1.165) is 31.9 Å². The summed E-state index contributed by atoms with van der Waals surface area (Å²) in [5.74, 6) is -0.707. The number of hydrogen-bond acceptors (Lipinski definition) is 5. The highest BCUT2D eigenvalue weighted by molar-refractivity contribution is 7.90. The number of sulfonamides is 1. The summed E-state index contributed by atoms with van der Waals surface area (Å²) in [5.41, 5.74) is 0.135. The fourth-order valence-corrected chi connectivity index (χ4v) is 3.12. The number of nitrogens with one attached hydrogen (secondary N) is 1. The number of carbonyl (C=O) groups is 1. The molecule has 0 spiro atoms. The maximum absolute atomic E-state index is 12.0. The number of rotatable bonds is 3. The molecular weight excluding hydrogens is 266 g/mol. The zero-order valence-corrected chi connectivity index (χ0v) is 11.0. The minimum atomic E-state index is -3.94. The normalized spacial score (nSPS) is 15.9. The van der Waals surface area contributed by atoms with Gasteiger partial charge in [-0.25, -0.2) is 13.1 Å². The first kappa shape index (κ1) is 13.5. The van der Waals surface area contributed by atoms with Gasteiger partial charge in [0.1, 0.15) is 11.0 Å². The Morgan fingerprint density at radius 1 is 1.37 bits per heavy atom. The van der Waals surface area contributed by atoms with Gasteiger partial charge in [0, 0.05) is 18.3 Å². The molecule has 1 N–H and O–H groups in total. The third-order valence-electron chi connectivity index (χ3n) is 3.11. The molecule has 0 aromatic carbocycles. The van der Waals surface area contributed by atoms with Crippen molar-refractivity contribution in [3.8, 4) is 6.07 Å². The quantitative estimate of drug-likeness (QED) is 0.887. The molecule has 1 aromatic heterocycles. The number of nitrogens with zero attached hydrogens (tertiary/aromatic N) is 2. The van der Waals surface area contributed by atoms with E-state index in [2.05, 4.69) is 4.98 Å². The van der Waals surface area contributed by atoms with Crippen LogP contribution in [0.4, 0.5) is 0 Å². The molecule has 1 heterocycles. The van der Waals surface area contributed by atoms with Gasteiger partial charge in [-0.05, 0) is 18.9 Å². The summed E-state index contributed by atoms with van der Waals surface area (Å²) in [6, 6.07) is 3.00. The van der Waals surface area contributed by atoms with Crippen molar-refractivity contribution < 1.29 is 13.2 Å². The van der Waals surface area contributed by atoms with E-state index in [-0.39, 0.29) is 16.4 Å². The Balaban J connectivity index is 2.18. The highest BCUT2D eigenvalue weighted by Gasteiger charge is 2.27. The van der Waals surface area contributed by atoms with Crippen LogP contribution in [-0.4, -0.2) is 19.3 Å². The van der Waals surface area contributed by atoms with Gasteiger partial charge < -0.3 is 0 Å². The smallest absolute Gasteiger partial charge is 0.265 e. The summed E-state index contributed by atoms with van der Waals surface area (Å²) in [5, 5.41) is 8.71. The molecule has 0 radical (unpaired) electrons. The molecule has 0 atom stereocenters. The molecule has 1 aliphatic carbocycles. The van der Waals surface area contributed by atoms with Gasteiger partial charge in [0.05, 0.1) is 5.56 Å². The second-order valence-electron chi connectivity index (χ2n) is 4.47. The fourth-order valence-electron chi connectivity index (χ4n) is 2.09. The van der Waals surface area contributed by atoms with Crippen molar-refractivity contribution in [1.29, 1.82) is 5.26 Å². The summed E-state index contributed by atoms with van der Waals surface area (Å²) < 4.78 is 26.0. The Hall–Kier alpha value is -1.94. The monoisotopic (exact) mass is 279 g/mol.